The lowest BCUT2D eigenvalue weighted by Gasteiger charge is -2.24. The molecule has 276 valence electrons. The fourth-order valence-corrected chi connectivity index (χ4v) is 5.20. The summed E-state index contributed by atoms with van der Waals surface area (Å²) in [5.41, 5.74) is 2.60. The monoisotopic (exact) mass is 724 g/mol. The zero-order valence-corrected chi connectivity index (χ0v) is 30.0. The smallest absolute Gasteiger partial charge is 0.354 e. The molecule has 1 saturated heterocycles. The number of aliphatic carboxylic acids is 1. The van der Waals surface area contributed by atoms with Crippen molar-refractivity contribution in [2.24, 2.45) is 0 Å². The maximum atomic E-state index is 11.9. The molecule has 2 heterocycles. The van der Waals surface area contributed by atoms with Crippen LogP contribution >= 0.6 is 11.8 Å². The van der Waals surface area contributed by atoms with Crippen LogP contribution in [0.5, 0.6) is 5.75 Å². The van der Waals surface area contributed by atoms with Gasteiger partial charge < -0.3 is 33.9 Å². The lowest BCUT2D eigenvalue weighted by Crippen LogP contribution is -2.34. The lowest BCUT2D eigenvalue weighted by atomic mass is 10.2. The van der Waals surface area contributed by atoms with Crippen LogP contribution in [-0.4, -0.2) is 129 Å². The second kappa shape index (κ2) is 24.2. The number of benzene rings is 1. The van der Waals surface area contributed by atoms with Crippen molar-refractivity contribution in [1.82, 2.24) is 14.8 Å². The number of carboxylic acid groups (broad SMARTS) is 2. The molecule has 14 heteroatoms. The van der Waals surface area contributed by atoms with E-state index in [0.717, 1.165) is 27.8 Å². The van der Waals surface area contributed by atoms with Gasteiger partial charge in [0.05, 0.1) is 65.2 Å². The highest BCUT2D eigenvalue weighted by atomic mass is 32.2. The Morgan fingerprint density at radius 2 is 1.53 bits per heavy atom. The van der Waals surface area contributed by atoms with Crippen molar-refractivity contribution in [3.8, 4) is 11.2 Å². The summed E-state index contributed by atoms with van der Waals surface area (Å²) in [5.74, 6) is -1.66. The van der Waals surface area contributed by atoms with E-state index in [4.69, 9.17) is 34.1 Å². The second-order valence-corrected chi connectivity index (χ2v) is 12.5. The molecule has 1 aromatic heterocycles. The van der Waals surface area contributed by atoms with Crippen LogP contribution in [0.3, 0.4) is 0 Å². The summed E-state index contributed by atoms with van der Waals surface area (Å²) in [6, 6.07) is 10.9. The summed E-state index contributed by atoms with van der Waals surface area (Å²) >= 11 is 1.10. The van der Waals surface area contributed by atoms with E-state index in [1.165, 1.54) is 6.07 Å². The van der Waals surface area contributed by atoms with Crippen molar-refractivity contribution < 1.29 is 43.5 Å². The molecule has 0 spiro atoms. The largest absolute Gasteiger partial charge is 0.493 e. The minimum atomic E-state index is -1.14. The molecular formula is C37H48N4O9S. The summed E-state index contributed by atoms with van der Waals surface area (Å²) < 4.78 is 29.3. The van der Waals surface area contributed by atoms with Gasteiger partial charge >= 0.3 is 11.9 Å². The number of aromatic carboxylic acids is 1. The topological polar surface area (TPSA) is 164 Å². The fraction of sp³-hybridized carbons (Fsp3) is 0.459. The van der Waals surface area contributed by atoms with Gasteiger partial charge in [0.1, 0.15) is 11.2 Å². The van der Waals surface area contributed by atoms with E-state index in [9.17, 15) is 14.7 Å². The third-order valence-electron chi connectivity index (χ3n) is 7.60. The van der Waals surface area contributed by atoms with Gasteiger partial charge in [0, 0.05) is 68.3 Å². The van der Waals surface area contributed by atoms with Crippen LogP contribution in [0.15, 0.2) is 77.2 Å². The number of thioether (sulfide) groups is 1. The molecule has 0 amide bonds. The minimum absolute atomic E-state index is 0.0918. The first-order valence-electron chi connectivity index (χ1n) is 16.8. The molecule has 0 atom stereocenters. The molecule has 0 radical (unpaired) electrons. The summed E-state index contributed by atoms with van der Waals surface area (Å²) in [6.45, 7) is 13.0. The molecule has 3 rings (SSSR count). The quantitative estimate of drug-likeness (QED) is 0.130. The van der Waals surface area contributed by atoms with E-state index >= 15 is 0 Å². The predicted molar refractivity (Wildman–Crippen MR) is 193 cm³/mol. The number of allylic oxidation sites excluding steroid dienone is 2. The summed E-state index contributed by atoms with van der Waals surface area (Å²) in [6.07, 6.45) is 5.65. The van der Waals surface area contributed by atoms with Gasteiger partial charge in [0.25, 0.3) is 0 Å². The number of aromatic nitrogens is 1. The Morgan fingerprint density at radius 3 is 2.08 bits per heavy atom. The maximum Gasteiger partial charge on any atom is 0.354 e. The molecule has 1 fully saturated rings. The summed E-state index contributed by atoms with van der Waals surface area (Å²) in [4.78, 5) is 32.4. The molecule has 1 aromatic carbocycles. The molecule has 2 N–H and O–H groups in total. The first kappa shape index (κ1) is 41.4. The first-order valence-corrected chi connectivity index (χ1v) is 17.6. The van der Waals surface area contributed by atoms with Crippen molar-refractivity contribution in [1.29, 1.82) is 5.26 Å². The summed E-state index contributed by atoms with van der Waals surface area (Å²) in [7, 11) is 0. The Hall–Kier alpha value is -4.07. The van der Waals surface area contributed by atoms with Crippen LogP contribution in [0.4, 0.5) is 0 Å². The highest BCUT2D eigenvalue weighted by molar-refractivity contribution is 8.03. The Kier molecular flexibility index (Phi) is 19.6. The number of ether oxygens (including phenoxy) is 5. The standard InChI is InChI=1S/C37H48N4O9S/c1-29(4-3-5-30(2)36(42)43)26-40-11-16-46-20-22-48-18-13-41(14-19-49-23-21-47-17-12-40)27-32-24-33(25-35(39-32)37(44)45)50-15-10-31-6-8-34(9-7-31)51-28-38/h3-9,24-25H,1,10-23,26-27H2,2H3,(H,42,43)(H,44,45)/b4-3-,30-5+. The van der Waals surface area contributed by atoms with Crippen LogP contribution in [0, 0.1) is 10.7 Å². The van der Waals surface area contributed by atoms with Crippen molar-refractivity contribution in [2.45, 2.75) is 24.8 Å². The molecule has 2 aromatic rings. The van der Waals surface area contributed by atoms with Gasteiger partial charge in [-0.05, 0) is 42.0 Å². The first-order chi connectivity index (χ1) is 24.7. The zero-order chi connectivity index (χ0) is 36.7. The second-order valence-electron chi connectivity index (χ2n) is 11.6. The van der Waals surface area contributed by atoms with E-state index in [0.29, 0.717) is 117 Å². The Balaban J connectivity index is 1.51. The molecule has 1 aliphatic heterocycles. The number of thiocyanates is 1. The number of nitrogens with zero attached hydrogens (tertiary/aromatic N) is 4. The number of nitriles is 1. The van der Waals surface area contributed by atoms with E-state index in [2.05, 4.69) is 26.8 Å². The normalized spacial score (nSPS) is 16.9. The molecule has 13 nitrogen and oxygen atoms in total. The molecule has 0 saturated carbocycles. The number of hydrogen-bond acceptors (Lipinski definition) is 12. The number of hydrogen-bond donors (Lipinski definition) is 2. The van der Waals surface area contributed by atoms with Gasteiger partial charge in [-0.2, -0.15) is 5.26 Å². The van der Waals surface area contributed by atoms with E-state index in [1.807, 2.05) is 24.3 Å². The number of carbonyl (C=O) groups is 2. The molecular weight excluding hydrogens is 676 g/mol. The van der Waals surface area contributed by atoms with Crippen LogP contribution in [0.1, 0.15) is 28.7 Å². The van der Waals surface area contributed by atoms with Crippen molar-refractivity contribution in [2.75, 3.05) is 92.2 Å². The predicted octanol–water partition coefficient (Wildman–Crippen LogP) is 4.30. The van der Waals surface area contributed by atoms with E-state index in [-0.39, 0.29) is 11.3 Å². The molecule has 0 unspecified atom stereocenters. The highest BCUT2D eigenvalue weighted by Gasteiger charge is 2.14. The maximum absolute atomic E-state index is 11.9. The summed E-state index contributed by atoms with van der Waals surface area (Å²) in [5, 5.41) is 29.6. The Bertz CT molecular complexity index is 1470. The molecule has 0 aliphatic carbocycles. The van der Waals surface area contributed by atoms with Crippen molar-refractivity contribution in [3.05, 3.63) is 89.3 Å². The van der Waals surface area contributed by atoms with Gasteiger partial charge in [0.2, 0.25) is 0 Å². The van der Waals surface area contributed by atoms with Gasteiger partial charge in [0.15, 0.2) is 5.69 Å². The van der Waals surface area contributed by atoms with Crippen LogP contribution in [-0.2, 0) is 36.7 Å². The van der Waals surface area contributed by atoms with Crippen LogP contribution in [0.2, 0.25) is 0 Å². The number of carboxylic acids is 2. The van der Waals surface area contributed by atoms with Gasteiger partial charge in [-0.15, -0.1) is 0 Å². The number of rotatable bonds is 13. The minimum Gasteiger partial charge on any atom is -0.493 e. The zero-order valence-electron chi connectivity index (χ0n) is 29.2. The van der Waals surface area contributed by atoms with E-state index < -0.39 is 11.9 Å². The van der Waals surface area contributed by atoms with Crippen LogP contribution in [0.25, 0.3) is 0 Å². The molecule has 51 heavy (non-hydrogen) atoms. The number of pyridine rings is 1. The van der Waals surface area contributed by atoms with Gasteiger partial charge in [-0.25, -0.2) is 14.6 Å². The van der Waals surface area contributed by atoms with Crippen LogP contribution < -0.4 is 4.74 Å². The molecule has 1 aliphatic rings. The average Bonchev–Trinajstić information content (AvgIpc) is 3.10. The van der Waals surface area contributed by atoms with Gasteiger partial charge in [-0.1, -0.05) is 36.9 Å². The van der Waals surface area contributed by atoms with Gasteiger partial charge in [-0.3, -0.25) is 9.80 Å². The fourth-order valence-electron chi connectivity index (χ4n) is 4.82. The van der Waals surface area contributed by atoms with E-state index in [1.54, 1.807) is 31.2 Å². The average molecular weight is 725 g/mol. The lowest BCUT2D eigenvalue weighted by molar-refractivity contribution is -0.132. The third kappa shape index (κ3) is 17.6. The molecule has 0 bridgehead atoms. The SMILES string of the molecule is C=C(/C=C\C=C(/C)C(=O)O)CN1CCOCCOCCN(Cc2cc(OCCc3ccc(SC#N)cc3)cc(C(=O)O)n2)CCOCCOCC1. The van der Waals surface area contributed by atoms with Crippen molar-refractivity contribution in [3.63, 3.8) is 0 Å². The Morgan fingerprint density at radius 1 is 0.941 bits per heavy atom. The third-order valence-corrected chi connectivity index (χ3v) is 8.20. The highest BCUT2D eigenvalue weighted by Crippen LogP contribution is 2.19. The van der Waals surface area contributed by atoms with Crippen molar-refractivity contribution >= 4 is 23.7 Å². The Labute approximate surface area is 304 Å².